The molecule has 0 unspecified atom stereocenters. The Labute approximate surface area is 128 Å². The lowest BCUT2D eigenvalue weighted by atomic mass is 10.2. The number of anilines is 2. The van der Waals surface area contributed by atoms with E-state index in [0.717, 1.165) is 0 Å². The second-order valence-electron chi connectivity index (χ2n) is 4.22. The molecular formula is C13H11BrN4O3. The van der Waals surface area contributed by atoms with E-state index in [1.807, 2.05) is 0 Å². The van der Waals surface area contributed by atoms with Gasteiger partial charge in [-0.2, -0.15) is 0 Å². The highest BCUT2D eigenvalue weighted by Crippen LogP contribution is 2.22. The van der Waals surface area contributed by atoms with E-state index < -0.39 is 4.92 Å². The van der Waals surface area contributed by atoms with E-state index in [4.69, 9.17) is 5.73 Å². The predicted molar refractivity (Wildman–Crippen MR) is 82.2 cm³/mol. The quantitative estimate of drug-likeness (QED) is 0.676. The number of hydrogen-bond acceptors (Lipinski definition) is 5. The van der Waals surface area contributed by atoms with Crippen molar-refractivity contribution >= 4 is 39.0 Å². The van der Waals surface area contributed by atoms with Crippen LogP contribution in [0.1, 0.15) is 10.4 Å². The molecule has 2 N–H and O–H groups in total. The summed E-state index contributed by atoms with van der Waals surface area (Å²) in [7, 11) is 1.56. The summed E-state index contributed by atoms with van der Waals surface area (Å²) >= 11 is 3.23. The van der Waals surface area contributed by atoms with Crippen molar-refractivity contribution in [3.05, 3.63) is 56.7 Å². The maximum atomic E-state index is 12.4. The number of pyridine rings is 1. The highest BCUT2D eigenvalue weighted by Gasteiger charge is 2.18. The van der Waals surface area contributed by atoms with Crippen LogP contribution in [0.25, 0.3) is 0 Å². The third-order valence-electron chi connectivity index (χ3n) is 2.87. The molecule has 7 nitrogen and oxygen atoms in total. The number of nitrogen functional groups attached to an aromatic ring is 1. The Balaban J connectivity index is 2.30. The number of halogens is 1. The van der Waals surface area contributed by atoms with E-state index in [-0.39, 0.29) is 23.0 Å². The zero-order valence-electron chi connectivity index (χ0n) is 11.0. The van der Waals surface area contributed by atoms with Crippen LogP contribution in [0.5, 0.6) is 0 Å². The number of nitrogens with two attached hydrogens (primary N) is 1. The Bertz CT molecular complexity index is 703. The molecule has 0 saturated heterocycles. The summed E-state index contributed by atoms with van der Waals surface area (Å²) in [5.74, 6) is -0.230. The van der Waals surface area contributed by atoms with E-state index in [9.17, 15) is 14.9 Å². The van der Waals surface area contributed by atoms with Gasteiger partial charge in [-0.15, -0.1) is 0 Å². The second-order valence-corrected chi connectivity index (χ2v) is 5.14. The summed E-state index contributed by atoms with van der Waals surface area (Å²) in [6.45, 7) is 0. The van der Waals surface area contributed by atoms with Gasteiger partial charge in [-0.05, 0) is 34.1 Å². The van der Waals surface area contributed by atoms with E-state index in [1.54, 1.807) is 13.1 Å². The topological polar surface area (TPSA) is 102 Å². The first-order valence-corrected chi connectivity index (χ1v) is 6.63. The molecule has 1 amide bonds. The zero-order chi connectivity index (χ0) is 15.6. The molecule has 0 aliphatic rings. The van der Waals surface area contributed by atoms with Crippen molar-refractivity contribution < 1.29 is 9.72 Å². The lowest BCUT2D eigenvalue weighted by Gasteiger charge is -2.18. The lowest BCUT2D eigenvalue weighted by Crippen LogP contribution is -2.27. The fraction of sp³-hybridized carbons (Fsp3) is 0.0769. The first-order chi connectivity index (χ1) is 9.90. The molecule has 0 spiro atoms. The van der Waals surface area contributed by atoms with Crippen LogP contribution < -0.4 is 10.6 Å². The van der Waals surface area contributed by atoms with E-state index in [2.05, 4.69) is 20.9 Å². The molecule has 0 saturated carbocycles. The fourth-order valence-corrected chi connectivity index (χ4v) is 2.05. The summed E-state index contributed by atoms with van der Waals surface area (Å²) in [6.07, 6.45) is 1.50. The van der Waals surface area contributed by atoms with Crippen molar-refractivity contribution in [2.45, 2.75) is 0 Å². The van der Waals surface area contributed by atoms with Gasteiger partial charge in [0.2, 0.25) is 0 Å². The van der Waals surface area contributed by atoms with Crippen molar-refractivity contribution in [2.24, 2.45) is 0 Å². The minimum Gasteiger partial charge on any atom is -0.383 e. The van der Waals surface area contributed by atoms with Gasteiger partial charge in [-0.25, -0.2) is 4.98 Å². The molecule has 8 heteroatoms. The van der Waals surface area contributed by atoms with E-state index >= 15 is 0 Å². The smallest absolute Gasteiger partial charge is 0.269 e. The highest BCUT2D eigenvalue weighted by atomic mass is 79.9. The summed E-state index contributed by atoms with van der Waals surface area (Å²) in [5, 5.41) is 10.6. The van der Waals surface area contributed by atoms with Crippen LogP contribution in [0.15, 0.2) is 41.0 Å². The van der Waals surface area contributed by atoms with Gasteiger partial charge in [-0.3, -0.25) is 14.9 Å². The van der Waals surface area contributed by atoms with Crippen LogP contribution in [0.2, 0.25) is 0 Å². The minimum atomic E-state index is -0.498. The Hall–Kier alpha value is -2.48. The van der Waals surface area contributed by atoms with Crippen molar-refractivity contribution in [1.29, 1.82) is 0 Å². The first-order valence-electron chi connectivity index (χ1n) is 5.83. The number of hydrogen-bond donors (Lipinski definition) is 1. The SMILES string of the molecule is CN(C(=O)c1cc(Br)cnc1N)c1ccc([N+](=O)[O-])cc1. The third kappa shape index (κ3) is 3.16. The number of benzene rings is 1. The molecule has 2 aromatic rings. The summed E-state index contributed by atoms with van der Waals surface area (Å²) < 4.78 is 0.636. The zero-order valence-corrected chi connectivity index (χ0v) is 12.6. The Kier molecular flexibility index (Phi) is 4.18. The number of carbonyl (C=O) groups excluding carboxylic acids is 1. The van der Waals surface area contributed by atoms with Crippen LogP contribution >= 0.6 is 15.9 Å². The molecule has 0 aliphatic heterocycles. The average Bonchev–Trinajstić information content (AvgIpc) is 2.48. The maximum absolute atomic E-state index is 12.4. The van der Waals surface area contributed by atoms with Crippen LogP contribution in [-0.4, -0.2) is 22.9 Å². The largest absolute Gasteiger partial charge is 0.383 e. The highest BCUT2D eigenvalue weighted by molar-refractivity contribution is 9.10. The van der Waals surface area contributed by atoms with Crippen LogP contribution in [-0.2, 0) is 0 Å². The van der Waals surface area contributed by atoms with Gasteiger partial charge in [0, 0.05) is 35.5 Å². The molecule has 1 aromatic heterocycles. The third-order valence-corrected chi connectivity index (χ3v) is 3.30. The van der Waals surface area contributed by atoms with Crippen LogP contribution in [0, 0.1) is 10.1 Å². The van der Waals surface area contributed by atoms with Gasteiger partial charge in [0.05, 0.1) is 10.5 Å². The van der Waals surface area contributed by atoms with Crippen LogP contribution in [0.3, 0.4) is 0 Å². The molecule has 1 heterocycles. The predicted octanol–water partition coefficient (Wildman–Crippen LogP) is 2.61. The molecule has 0 bridgehead atoms. The number of non-ortho nitro benzene ring substituents is 1. The van der Waals surface area contributed by atoms with Gasteiger partial charge >= 0.3 is 0 Å². The summed E-state index contributed by atoms with van der Waals surface area (Å²) in [5.41, 5.74) is 6.44. The lowest BCUT2D eigenvalue weighted by molar-refractivity contribution is -0.384. The molecule has 1 aromatic carbocycles. The van der Waals surface area contributed by atoms with Crippen molar-refractivity contribution in [1.82, 2.24) is 4.98 Å². The minimum absolute atomic E-state index is 0.0387. The molecule has 21 heavy (non-hydrogen) atoms. The van der Waals surface area contributed by atoms with E-state index in [1.165, 1.54) is 35.4 Å². The second kappa shape index (κ2) is 5.88. The van der Waals surface area contributed by atoms with Gasteiger partial charge in [0.1, 0.15) is 5.82 Å². The Morgan fingerprint density at radius 1 is 1.38 bits per heavy atom. The van der Waals surface area contributed by atoms with Crippen molar-refractivity contribution in [2.75, 3.05) is 17.7 Å². The number of amides is 1. The molecule has 0 aliphatic carbocycles. The van der Waals surface area contributed by atoms with Crippen molar-refractivity contribution in [3.8, 4) is 0 Å². The number of nitro benzene ring substituents is 1. The monoisotopic (exact) mass is 350 g/mol. The normalized spacial score (nSPS) is 10.2. The Morgan fingerprint density at radius 3 is 2.57 bits per heavy atom. The summed E-state index contributed by atoms with van der Waals surface area (Å²) in [4.78, 5) is 27.8. The molecule has 0 atom stereocenters. The fourth-order valence-electron chi connectivity index (χ4n) is 1.72. The molecule has 0 radical (unpaired) electrons. The molecule has 108 valence electrons. The molecule has 2 rings (SSSR count). The molecular weight excluding hydrogens is 340 g/mol. The number of nitrogens with zero attached hydrogens (tertiary/aromatic N) is 3. The van der Waals surface area contributed by atoms with Gasteiger partial charge < -0.3 is 10.6 Å². The standard InChI is InChI=1S/C13H11BrN4O3/c1-17(9-2-4-10(5-3-9)18(20)21)13(19)11-6-8(14)7-16-12(11)15/h2-7H,1H3,(H2,15,16). The maximum Gasteiger partial charge on any atom is 0.269 e. The number of rotatable bonds is 3. The molecule has 0 fully saturated rings. The Morgan fingerprint density at radius 2 is 2.00 bits per heavy atom. The van der Waals surface area contributed by atoms with E-state index in [0.29, 0.717) is 10.2 Å². The van der Waals surface area contributed by atoms with Gasteiger partial charge in [-0.1, -0.05) is 0 Å². The number of aromatic nitrogens is 1. The number of carbonyl (C=O) groups is 1. The number of nitro groups is 1. The van der Waals surface area contributed by atoms with Gasteiger partial charge in [0.15, 0.2) is 0 Å². The van der Waals surface area contributed by atoms with Gasteiger partial charge in [0.25, 0.3) is 11.6 Å². The van der Waals surface area contributed by atoms with Crippen molar-refractivity contribution in [3.63, 3.8) is 0 Å². The first kappa shape index (κ1) is 14.9. The average molecular weight is 351 g/mol. The summed E-state index contributed by atoms with van der Waals surface area (Å²) in [6, 6.07) is 7.24. The van der Waals surface area contributed by atoms with Crippen LogP contribution in [0.4, 0.5) is 17.2 Å².